The highest BCUT2D eigenvalue weighted by Gasteiger charge is 2.19. The molecule has 3 aromatic rings. The van der Waals surface area contributed by atoms with Crippen LogP contribution in [0.25, 0.3) is 5.95 Å². The zero-order valence-electron chi connectivity index (χ0n) is 16.9. The fourth-order valence-electron chi connectivity index (χ4n) is 2.62. The molecule has 0 saturated heterocycles. The molecule has 0 bridgehead atoms. The van der Waals surface area contributed by atoms with Crippen LogP contribution in [0, 0.1) is 13.8 Å². The molecule has 30 heavy (non-hydrogen) atoms. The van der Waals surface area contributed by atoms with E-state index in [0.29, 0.717) is 16.8 Å². The number of anilines is 1. The first-order chi connectivity index (χ1) is 14.1. The van der Waals surface area contributed by atoms with E-state index in [9.17, 15) is 13.2 Å². The van der Waals surface area contributed by atoms with E-state index in [1.807, 2.05) is 19.9 Å². The predicted molar refractivity (Wildman–Crippen MR) is 113 cm³/mol. The van der Waals surface area contributed by atoms with Gasteiger partial charge in [0.2, 0.25) is 21.1 Å². The Balaban J connectivity index is 1.67. The monoisotopic (exact) mass is 450 g/mol. The van der Waals surface area contributed by atoms with Gasteiger partial charge >= 0.3 is 0 Å². The van der Waals surface area contributed by atoms with Gasteiger partial charge in [-0.3, -0.25) is 4.79 Å². The second kappa shape index (κ2) is 8.45. The number of nitrogens with two attached hydrogens (primary N) is 1. The Bertz CT molecular complexity index is 1180. The summed E-state index contributed by atoms with van der Waals surface area (Å²) < 4.78 is 28.4. The van der Waals surface area contributed by atoms with Crippen molar-refractivity contribution in [2.24, 2.45) is 0 Å². The fourth-order valence-corrected chi connectivity index (χ4v) is 4.22. The van der Waals surface area contributed by atoms with Crippen LogP contribution in [0.1, 0.15) is 11.4 Å². The molecule has 0 fully saturated rings. The van der Waals surface area contributed by atoms with Gasteiger partial charge in [-0.1, -0.05) is 17.8 Å². The second-order valence-electron chi connectivity index (χ2n) is 6.64. The lowest BCUT2D eigenvalue weighted by Gasteiger charge is -2.12. The summed E-state index contributed by atoms with van der Waals surface area (Å²) in [4.78, 5) is 12.4. The van der Waals surface area contributed by atoms with Crippen LogP contribution < -0.4 is 11.2 Å². The number of hydrogen-bond acceptors (Lipinski definition) is 8. The van der Waals surface area contributed by atoms with Gasteiger partial charge < -0.3 is 11.2 Å². The summed E-state index contributed by atoms with van der Waals surface area (Å²) in [6, 6.07) is 7.95. The van der Waals surface area contributed by atoms with Crippen LogP contribution in [-0.4, -0.2) is 63.1 Å². The first kappa shape index (κ1) is 21.8. The zero-order valence-corrected chi connectivity index (χ0v) is 18.5. The van der Waals surface area contributed by atoms with Crippen molar-refractivity contribution in [1.29, 1.82) is 0 Å². The Labute approximate surface area is 178 Å². The summed E-state index contributed by atoms with van der Waals surface area (Å²) >= 11 is 1.10. The molecule has 0 atom stereocenters. The van der Waals surface area contributed by atoms with Crippen molar-refractivity contribution in [3.63, 3.8) is 0 Å². The van der Waals surface area contributed by atoms with Crippen molar-refractivity contribution in [2.45, 2.75) is 23.9 Å². The topological polar surface area (TPSA) is 141 Å². The highest BCUT2D eigenvalue weighted by atomic mass is 32.2. The van der Waals surface area contributed by atoms with Crippen LogP contribution in [0.3, 0.4) is 0 Å². The Morgan fingerprint density at radius 1 is 1.23 bits per heavy atom. The molecular formula is C17H22N8O3S2. The van der Waals surface area contributed by atoms with Crippen molar-refractivity contribution < 1.29 is 13.2 Å². The van der Waals surface area contributed by atoms with Gasteiger partial charge in [0.05, 0.1) is 16.3 Å². The van der Waals surface area contributed by atoms with Crippen molar-refractivity contribution in [3.8, 4) is 5.95 Å². The van der Waals surface area contributed by atoms with Gasteiger partial charge in [0, 0.05) is 25.5 Å². The molecule has 0 aliphatic heterocycles. The average molecular weight is 451 g/mol. The molecule has 160 valence electrons. The van der Waals surface area contributed by atoms with Crippen molar-refractivity contribution in [3.05, 3.63) is 41.7 Å². The third-order valence-electron chi connectivity index (χ3n) is 4.07. The number of aromatic nitrogens is 5. The van der Waals surface area contributed by atoms with Gasteiger partial charge in [-0.15, -0.1) is 10.2 Å². The number of nitrogens with one attached hydrogen (secondary N) is 1. The maximum atomic E-state index is 12.3. The van der Waals surface area contributed by atoms with Gasteiger partial charge in [0.15, 0.2) is 0 Å². The van der Waals surface area contributed by atoms with Gasteiger partial charge in [0.25, 0.3) is 5.95 Å². The third-order valence-corrected chi connectivity index (χ3v) is 6.83. The van der Waals surface area contributed by atoms with E-state index in [-0.39, 0.29) is 16.6 Å². The van der Waals surface area contributed by atoms with Gasteiger partial charge in [-0.05, 0) is 38.1 Å². The molecule has 3 rings (SSSR count). The standard InChI is InChI=1S/C17H22N8O3S2/c1-11-8-12(2)25(22-11)16-20-21-17(24(16)18)29-10-15(26)19-13-6-5-7-14(9-13)30(27,28)23(3)4/h5-9H,10,18H2,1-4H3,(H,19,26). The molecule has 0 aliphatic carbocycles. The smallest absolute Gasteiger partial charge is 0.271 e. The molecule has 3 N–H and O–H groups in total. The Morgan fingerprint density at radius 3 is 2.60 bits per heavy atom. The number of sulfonamides is 1. The number of carbonyl (C=O) groups excluding carboxylic acids is 1. The van der Waals surface area contributed by atoms with E-state index in [1.54, 1.807) is 16.8 Å². The number of thioether (sulfide) groups is 1. The van der Waals surface area contributed by atoms with Crippen LogP contribution in [0.15, 0.2) is 40.4 Å². The quantitative estimate of drug-likeness (QED) is 0.397. The Hall–Kier alpha value is -2.90. The predicted octanol–water partition coefficient (Wildman–Crippen LogP) is 0.776. The Kier molecular flexibility index (Phi) is 6.14. The minimum atomic E-state index is -3.59. The number of rotatable bonds is 7. The van der Waals surface area contributed by atoms with Crippen LogP contribution >= 0.6 is 11.8 Å². The van der Waals surface area contributed by atoms with Crippen LogP contribution in [0.4, 0.5) is 5.69 Å². The van der Waals surface area contributed by atoms with Crippen molar-refractivity contribution in [2.75, 3.05) is 31.0 Å². The number of aryl methyl sites for hydroxylation is 2. The van der Waals surface area contributed by atoms with E-state index in [1.165, 1.54) is 30.9 Å². The van der Waals surface area contributed by atoms with Crippen LogP contribution in [-0.2, 0) is 14.8 Å². The van der Waals surface area contributed by atoms with E-state index in [2.05, 4.69) is 20.6 Å². The number of benzene rings is 1. The molecule has 1 aromatic carbocycles. The van der Waals surface area contributed by atoms with Gasteiger partial charge in [-0.2, -0.15) is 5.10 Å². The van der Waals surface area contributed by atoms with E-state index in [4.69, 9.17) is 5.84 Å². The largest absolute Gasteiger partial charge is 0.334 e. The van der Waals surface area contributed by atoms with E-state index < -0.39 is 10.0 Å². The van der Waals surface area contributed by atoms with Crippen molar-refractivity contribution in [1.82, 2.24) is 29.0 Å². The number of nitrogens with zero attached hydrogens (tertiary/aromatic N) is 6. The summed E-state index contributed by atoms with van der Waals surface area (Å²) in [5.74, 6) is 6.07. The summed E-state index contributed by atoms with van der Waals surface area (Å²) in [6.45, 7) is 3.74. The minimum Gasteiger partial charge on any atom is -0.334 e. The van der Waals surface area contributed by atoms with Gasteiger partial charge in [0.1, 0.15) is 0 Å². The third kappa shape index (κ3) is 4.47. The van der Waals surface area contributed by atoms with Gasteiger partial charge in [-0.25, -0.2) is 22.1 Å². The summed E-state index contributed by atoms with van der Waals surface area (Å²) in [6.07, 6.45) is 0. The lowest BCUT2D eigenvalue weighted by molar-refractivity contribution is -0.113. The molecular weight excluding hydrogens is 428 g/mol. The van der Waals surface area contributed by atoms with Crippen LogP contribution in [0.2, 0.25) is 0 Å². The molecule has 2 aromatic heterocycles. The molecule has 0 unspecified atom stereocenters. The fraction of sp³-hybridized carbons (Fsp3) is 0.294. The molecule has 0 aliphatic rings. The summed E-state index contributed by atoms with van der Waals surface area (Å²) in [7, 11) is -0.701. The molecule has 0 spiro atoms. The lowest BCUT2D eigenvalue weighted by Crippen LogP contribution is -2.22. The van der Waals surface area contributed by atoms with Crippen molar-refractivity contribution >= 4 is 33.4 Å². The molecule has 0 radical (unpaired) electrons. The van der Waals surface area contributed by atoms with Crippen LogP contribution in [0.5, 0.6) is 0 Å². The SMILES string of the molecule is Cc1cc(C)n(-c2nnc(SCC(=O)Nc3cccc(S(=O)(=O)N(C)C)c3)n2N)n1. The first-order valence-corrected chi connectivity index (χ1v) is 11.2. The summed E-state index contributed by atoms with van der Waals surface area (Å²) in [5, 5.41) is 15.4. The number of amides is 1. The highest BCUT2D eigenvalue weighted by molar-refractivity contribution is 7.99. The average Bonchev–Trinajstić information content (AvgIpc) is 3.21. The van der Waals surface area contributed by atoms with E-state index >= 15 is 0 Å². The zero-order chi connectivity index (χ0) is 22.1. The number of carbonyl (C=O) groups is 1. The molecule has 1 amide bonds. The molecule has 13 heteroatoms. The minimum absolute atomic E-state index is 0.0110. The Morgan fingerprint density at radius 2 is 1.97 bits per heavy atom. The normalized spacial score (nSPS) is 11.8. The summed E-state index contributed by atoms with van der Waals surface area (Å²) in [5.41, 5.74) is 2.05. The lowest BCUT2D eigenvalue weighted by atomic mass is 10.3. The number of nitrogen functional groups attached to an aromatic ring is 1. The number of hydrogen-bond donors (Lipinski definition) is 2. The van der Waals surface area contributed by atoms with E-state index in [0.717, 1.165) is 27.5 Å². The molecule has 2 heterocycles. The first-order valence-electron chi connectivity index (χ1n) is 8.79. The highest BCUT2D eigenvalue weighted by Crippen LogP contribution is 2.20. The maximum Gasteiger partial charge on any atom is 0.271 e. The molecule has 0 saturated carbocycles. The second-order valence-corrected chi connectivity index (χ2v) is 9.74. The maximum absolute atomic E-state index is 12.3. The molecule has 11 nitrogen and oxygen atoms in total.